The van der Waals surface area contributed by atoms with Gasteiger partial charge in [-0.1, -0.05) is 18.2 Å². The van der Waals surface area contributed by atoms with E-state index >= 15 is 0 Å². The summed E-state index contributed by atoms with van der Waals surface area (Å²) < 4.78 is 26.7. The molecule has 0 saturated heterocycles. The molecule has 0 bridgehead atoms. The Hall–Kier alpha value is -3.42. The zero-order valence-corrected chi connectivity index (χ0v) is 15.4. The summed E-state index contributed by atoms with van der Waals surface area (Å²) in [7, 11) is 1.89. The van der Waals surface area contributed by atoms with E-state index in [1.165, 1.54) is 6.20 Å². The molecule has 0 unspecified atom stereocenters. The van der Waals surface area contributed by atoms with Gasteiger partial charge in [0.05, 0.1) is 11.2 Å². The number of likely N-dealkylation sites (N-methyl/N-ethyl adjacent to an activating group) is 1. The van der Waals surface area contributed by atoms with Crippen LogP contribution < -0.4 is 15.5 Å². The molecule has 0 saturated carbocycles. The van der Waals surface area contributed by atoms with E-state index in [1.807, 2.05) is 42.3 Å². The molecule has 0 aliphatic carbocycles. The molecule has 1 atom stereocenters. The predicted octanol–water partition coefficient (Wildman–Crippen LogP) is 3.03. The van der Waals surface area contributed by atoms with Crippen LogP contribution in [0.2, 0.25) is 0 Å². The van der Waals surface area contributed by atoms with Gasteiger partial charge in [-0.3, -0.25) is 9.59 Å². The third kappa shape index (κ3) is 4.28. The second-order valence-electron chi connectivity index (χ2n) is 6.56. The first-order valence-electron chi connectivity index (χ1n) is 8.69. The van der Waals surface area contributed by atoms with Crippen molar-refractivity contribution in [2.75, 3.05) is 23.8 Å². The highest BCUT2D eigenvalue weighted by Gasteiger charge is 2.19. The van der Waals surface area contributed by atoms with Crippen LogP contribution in [0.1, 0.15) is 6.92 Å². The third-order valence-electron chi connectivity index (χ3n) is 4.30. The lowest BCUT2D eigenvalue weighted by Gasteiger charge is -2.24. The van der Waals surface area contributed by atoms with Crippen LogP contribution in [0.4, 0.5) is 20.2 Å². The van der Waals surface area contributed by atoms with Crippen molar-refractivity contribution in [3.05, 3.63) is 60.3 Å². The van der Waals surface area contributed by atoms with Gasteiger partial charge < -0.3 is 20.5 Å². The fourth-order valence-corrected chi connectivity index (χ4v) is 2.93. The van der Waals surface area contributed by atoms with E-state index in [9.17, 15) is 18.4 Å². The van der Waals surface area contributed by atoms with E-state index in [0.29, 0.717) is 12.1 Å². The summed E-state index contributed by atoms with van der Waals surface area (Å²) in [4.78, 5) is 29.0. The number of halogens is 2. The fraction of sp³-hybridized carbons (Fsp3) is 0.200. The van der Waals surface area contributed by atoms with E-state index in [0.717, 1.165) is 17.8 Å². The number of fused-ring (bicyclic) bond motifs is 1. The Morgan fingerprint density at radius 3 is 2.50 bits per heavy atom. The molecule has 3 aromatic rings. The molecule has 0 spiro atoms. The smallest absolute Gasteiger partial charge is 0.313 e. The SMILES string of the molecule is C[C@H](CN(C)c1ccccc1)NC(=O)C(=O)Nc1c[nH]c2cc(F)c(F)cc12. The lowest BCUT2D eigenvalue weighted by molar-refractivity contribution is -0.136. The van der Waals surface area contributed by atoms with Crippen molar-refractivity contribution < 1.29 is 18.4 Å². The molecule has 3 rings (SSSR count). The molecule has 6 nitrogen and oxygen atoms in total. The summed E-state index contributed by atoms with van der Waals surface area (Å²) in [6.07, 6.45) is 1.38. The average molecular weight is 386 g/mol. The summed E-state index contributed by atoms with van der Waals surface area (Å²) in [5.74, 6) is -3.74. The summed E-state index contributed by atoms with van der Waals surface area (Å²) in [5, 5.41) is 5.32. The molecule has 2 amide bonds. The van der Waals surface area contributed by atoms with E-state index in [4.69, 9.17) is 0 Å². The number of anilines is 2. The number of hydrogen-bond acceptors (Lipinski definition) is 3. The van der Waals surface area contributed by atoms with E-state index < -0.39 is 23.4 Å². The van der Waals surface area contributed by atoms with Crippen molar-refractivity contribution in [2.24, 2.45) is 0 Å². The lowest BCUT2D eigenvalue weighted by Crippen LogP contribution is -2.45. The monoisotopic (exact) mass is 386 g/mol. The first kappa shape index (κ1) is 19.3. The van der Waals surface area contributed by atoms with Crippen molar-refractivity contribution in [1.82, 2.24) is 10.3 Å². The van der Waals surface area contributed by atoms with Crippen LogP contribution in [0.15, 0.2) is 48.7 Å². The van der Waals surface area contributed by atoms with E-state index in [1.54, 1.807) is 6.92 Å². The Balaban J connectivity index is 1.60. The summed E-state index contributed by atoms with van der Waals surface area (Å²) in [5.41, 5.74) is 1.50. The van der Waals surface area contributed by atoms with Crippen LogP contribution >= 0.6 is 0 Å². The summed E-state index contributed by atoms with van der Waals surface area (Å²) >= 11 is 0. The lowest BCUT2D eigenvalue weighted by atomic mass is 10.2. The number of rotatable bonds is 5. The molecule has 1 aromatic heterocycles. The Bertz CT molecular complexity index is 1000. The van der Waals surface area contributed by atoms with Crippen LogP contribution in [0.25, 0.3) is 10.9 Å². The molecule has 0 radical (unpaired) electrons. The number of amides is 2. The van der Waals surface area contributed by atoms with Crippen molar-refractivity contribution in [3.8, 4) is 0 Å². The first-order chi connectivity index (χ1) is 13.3. The van der Waals surface area contributed by atoms with Crippen molar-refractivity contribution in [1.29, 1.82) is 0 Å². The highest BCUT2D eigenvalue weighted by atomic mass is 19.2. The first-order valence-corrected chi connectivity index (χ1v) is 8.69. The zero-order valence-electron chi connectivity index (χ0n) is 15.4. The van der Waals surface area contributed by atoms with Crippen LogP contribution in [0, 0.1) is 11.6 Å². The van der Waals surface area contributed by atoms with Gasteiger partial charge in [0.1, 0.15) is 0 Å². The number of nitrogens with zero attached hydrogens (tertiary/aromatic N) is 1. The van der Waals surface area contributed by atoms with Gasteiger partial charge in [-0.15, -0.1) is 0 Å². The maximum atomic E-state index is 13.5. The van der Waals surface area contributed by atoms with Crippen LogP contribution in [-0.2, 0) is 9.59 Å². The highest BCUT2D eigenvalue weighted by molar-refractivity contribution is 6.40. The molecule has 146 valence electrons. The topological polar surface area (TPSA) is 77.2 Å². The number of carbonyl (C=O) groups is 2. The van der Waals surface area contributed by atoms with Crippen LogP contribution in [-0.4, -0.2) is 36.4 Å². The quantitative estimate of drug-likeness (QED) is 0.590. The molecule has 28 heavy (non-hydrogen) atoms. The highest BCUT2D eigenvalue weighted by Crippen LogP contribution is 2.25. The van der Waals surface area contributed by atoms with Crippen LogP contribution in [0.3, 0.4) is 0 Å². The molecule has 1 heterocycles. The van der Waals surface area contributed by atoms with Gasteiger partial charge in [0.25, 0.3) is 0 Å². The Labute approximate surface area is 160 Å². The van der Waals surface area contributed by atoms with Gasteiger partial charge in [0.15, 0.2) is 11.6 Å². The van der Waals surface area contributed by atoms with Crippen molar-refractivity contribution in [3.63, 3.8) is 0 Å². The minimum absolute atomic E-state index is 0.197. The zero-order chi connectivity index (χ0) is 20.3. The number of carbonyl (C=O) groups excluding carboxylic acids is 2. The molecule has 0 aliphatic rings. The minimum atomic E-state index is -1.04. The average Bonchev–Trinajstić information content (AvgIpc) is 3.04. The number of aromatic amines is 1. The molecular weight excluding hydrogens is 366 g/mol. The van der Waals surface area contributed by atoms with Crippen molar-refractivity contribution in [2.45, 2.75) is 13.0 Å². The second-order valence-corrected chi connectivity index (χ2v) is 6.56. The summed E-state index contributed by atoms with van der Waals surface area (Å²) in [6.45, 7) is 2.29. The third-order valence-corrected chi connectivity index (χ3v) is 4.30. The minimum Gasteiger partial charge on any atom is -0.373 e. The molecule has 0 aliphatic heterocycles. The summed E-state index contributed by atoms with van der Waals surface area (Å²) in [6, 6.07) is 11.3. The number of benzene rings is 2. The van der Waals surface area contributed by atoms with Gasteiger partial charge in [-0.25, -0.2) is 8.78 Å². The van der Waals surface area contributed by atoms with Gasteiger partial charge in [0.2, 0.25) is 0 Å². The van der Waals surface area contributed by atoms with E-state index in [2.05, 4.69) is 15.6 Å². The van der Waals surface area contributed by atoms with Crippen LogP contribution in [0.5, 0.6) is 0 Å². The largest absolute Gasteiger partial charge is 0.373 e. The number of para-hydroxylation sites is 1. The Kier molecular flexibility index (Phi) is 5.58. The van der Waals surface area contributed by atoms with Gasteiger partial charge >= 0.3 is 11.8 Å². The fourth-order valence-electron chi connectivity index (χ4n) is 2.93. The van der Waals surface area contributed by atoms with E-state index in [-0.39, 0.29) is 17.1 Å². The molecule has 3 N–H and O–H groups in total. The maximum absolute atomic E-state index is 13.5. The number of H-pyrrole nitrogens is 1. The van der Waals surface area contributed by atoms with Crippen molar-refractivity contribution >= 4 is 34.1 Å². The maximum Gasteiger partial charge on any atom is 0.313 e. The normalized spacial score (nSPS) is 11.9. The number of nitrogens with one attached hydrogen (secondary N) is 3. The number of hydrogen-bond donors (Lipinski definition) is 3. The standard InChI is InChI=1S/C20H20F2N4O2/c1-12(11-26(2)13-6-4-3-5-7-13)24-19(27)20(28)25-18-10-23-17-9-16(22)15(21)8-14(17)18/h3-10,12,23H,11H2,1-2H3,(H,24,27)(H,25,28)/t12-/m1/s1. The number of aromatic nitrogens is 1. The van der Waals surface area contributed by atoms with Gasteiger partial charge in [-0.2, -0.15) is 0 Å². The molecule has 8 heteroatoms. The van der Waals surface area contributed by atoms with Gasteiger partial charge in [0, 0.05) is 43.0 Å². The molecule has 2 aromatic carbocycles. The Morgan fingerprint density at radius 2 is 1.79 bits per heavy atom. The molecule has 0 fully saturated rings. The second kappa shape index (κ2) is 8.08. The molecular formula is C20H20F2N4O2. The Morgan fingerprint density at radius 1 is 1.11 bits per heavy atom. The van der Waals surface area contributed by atoms with Gasteiger partial charge in [-0.05, 0) is 25.1 Å². The predicted molar refractivity (Wildman–Crippen MR) is 104 cm³/mol.